The molecule has 0 spiro atoms. The number of nitrogens with zero attached hydrogens (tertiary/aromatic N) is 3. The van der Waals surface area contributed by atoms with Crippen molar-refractivity contribution < 1.29 is 19.7 Å². The van der Waals surface area contributed by atoms with Crippen LogP contribution in [-0.2, 0) is 9.47 Å². The number of hydrogen-bond acceptors (Lipinski definition) is 8. The van der Waals surface area contributed by atoms with Gasteiger partial charge in [-0.05, 0) is 0 Å². The highest BCUT2D eigenvalue weighted by molar-refractivity contribution is 5.73. The largest absolute Gasteiger partial charge is 0.506 e. The van der Waals surface area contributed by atoms with Crippen LogP contribution in [0.15, 0.2) is 17.1 Å². The average Bonchev–Trinajstić information content (AvgIpc) is 2.67. The molecule has 0 bridgehead atoms. The molecular weight excluding hydrogens is 336 g/mol. The zero-order valence-electron chi connectivity index (χ0n) is 15.1. The molecule has 144 valence electrons. The maximum Gasteiger partial charge on any atom is 0.143 e. The maximum absolute atomic E-state index is 10.2. The predicted octanol–water partition coefficient (Wildman–Crippen LogP) is 0.876. The molecule has 2 saturated heterocycles. The summed E-state index contributed by atoms with van der Waals surface area (Å²) in [7, 11) is 0. The maximum atomic E-state index is 10.2. The van der Waals surface area contributed by atoms with Crippen molar-refractivity contribution in [2.24, 2.45) is 4.99 Å². The van der Waals surface area contributed by atoms with Crippen LogP contribution in [0.2, 0.25) is 0 Å². The SMILES string of the molecule is Oc1cc(NCCN2CCOCC2)c(O)cc1N=CCN1CCOCC1. The molecule has 0 amide bonds. The molecule has 0 unspecified atom stereocenters. The number of phenolic OH excluding ortho intramolecular Hbond substituents is 2. The number of rotatable bonds is 7. The van der Waals surface area contributed by atoms with Gasteiger partial charge in [0.2, 0.25) is 0 Å². The summed E-state index contributed by atoms with van der Waals surface area (Å²) in [4.78, 5) is 8.82. The first-order chi connectivity index (χ1) is 12.7. The Morgan fingerprint density at radius 2 is 1.62 bits per heavy atom. The molecule has 26 heavy (non-hydrogen) atoms. The highest BCUT2D eigenvalue weighted by Crippen LogP contribution is 2.36. The van der Waals surface area contributed by atoms with Crippen molar-refractivity contribution in [3.8, 4) is 11.5 Å². The fourth-order valence-electron chi connectivity index (χ4n) is 3.02. The van der Waals surface area contributed by atoms with Gasteiger partial charge >= 0.3 is 0 Å². The van der Waals surface area contributed by atoms with Gasteiger partial charge in [0.05, 0.1) is 32.1 Å². The molecular formula is C18H28N4O4. The van der Waals surface area contributed by atoms with E-state index in [2.05, 4.69) is 20.1 Å². The number of phenols is 2. The molecule has 8 nitrogen and oxygen atoms in total. The van der Waals surface area contributed by atoms with Crippen molar-refractivity contribution in [3.05, 3.63) is 12.1 Å². The van der Waals surface area contributed by atoms with Crippen LogP contribution >= 0.6 is 0 Å². The van der Waals surface area contributed by atoms with E-state index in [-0.39, 0.29) is 11.5 Å². The van der Waals surface area contributed by atoms with Crippen molar-refractivity contribution in [1.82, 2.24) is 9.80 Å². The zero-order chi connectivity index (χ0) is 18.2. The third kappa shape index (κ3) is 5.57. The minimum absolute atomic E-state index is 0.0508. The van der Waals surface area contributed by atoms with E-state index in [1.54, 1.807) is 6.21 Å². The third-order valence-electron chi connectivity index (χ3n) is 4.61. The van der Waals surface area contributed by atoms with Gasteiger partial charge in [-0.25, -0.2) is 0 Å². The van der Waals surface area contributed by atoms with E-state index in [0.717, 1.165) is 59.2 Å². The van der Waals surface area contributed by atoms with Crippen LogP contribution in [0.25, 0.3) is 0 Å². The Kier molecular flexibility index (Phi) is 7.07. The quantitative estimate of drug-likeness (QED) is 0.376. The van der Waals surface area contributed by atoms with Gasteiger partial charge in [0.25, 0.3) is 0 Å². The van der Waals surface area contributed by atoms with Crippen LogP contribution in [-0.4, -0.2) is 98.5 Å². The molecule has 2 aliphatic heterocycles. The number of morpholine rings is 2. The second kappa shape index (κ2) is 9.72. The summed E-state index contributed by atoms with van der Waals surface area (Å²) in [5.74, 6) is 0.137. The summed E-state index contributed by atoms with van der Waals surface area (Å²) >= 11 is 0. The molecule has 0 aliphatic carbocycles. The van der Waals surface area contributed by atoms with Gasteiger partial charge < -0.3 is 25.0 Å². The van der Waals surface area contributed by atoms with E-state index in [4.69, 9.17) is 9.47 Å². The van der Waals surface area contributed by atoms with Gasteiger partial charge in [0.1, 0.15) is 17.2 Å². The Bertz CT molecular complexity index is 599. The summed E-state index contributed by atoms with van der Waals surface area (Å²) in [5.41, 5.74) is 0.886. The molecule has 2 heterocycles. The van der Waals surface area contributed by atoms with Gasteiger partial charge in [-0.1, -0.05) is 0 Å². The molecule has 3 N–H and O–H groups in total. The van der Waals surface area contributed by atoms with E-state index in [9.17, 15) is 10.2 Å². The Morgan fingerprint density at radius 3 is 2.31 bits per heavy atom. The van der Waals surface area contributed by atoms with Crippen LogP contribution in [0.4, 0.5) is 11.4 Å². The second-order valence-corrected chi connectivity index (χ2v) is 6.46. The summed E-state index contributed by atoms with van der Waals surface area (Å²) in [6.07, 6.45) is 1.76. The van der Waals surface area contributed by atoms with E-state index in [0.29, 0.717) is 24.5 Å². The normalized spacial score (nSPS) is 19.8. The van der Waals surface area contributed by atoms with Crippen LogP contribution < -0.4 is 5.32 Å². The van der Waals surface area contributed by atoms with E-state index in [1.165, 1.54) is 12.1 Å². The lowest BCUT2D eigenvalue weighted by atomic mass is 10.2. The molecule has 1 aromatic carbocycles. The van der Waals surface area contributed by atoms with Crippen molar-refractivity contribution >= 4 is 17.6 Å². The first kappa shape index (κ1) is 18.9. The molecule has 0 radical (unpaired) electrons. The number of anilines is 1. The van der Waals surface area contributed by atoms with Gasteiger partial charge in [-0.2, -0.15) is 0 Å². The number of benzene rings is 1. The highest BCUT2D eigenvalue weighted by atomic mass is 16.5. The Balaban J connectivity index is 1.50. The Labute approximate surface area is 154 Å². The fraction of sp³-hybridized carbons (Fsp3) is 0.611. The van der Waals surface area contributed by atoms with Crippen molar-refractivity contribution in [3.63, 3.8) is 0 Å². The number of hydrogen-bond donors (Lipinski definition) is 3. The minimum atomic E-state index is 0.0508. The van der Waals surface area contributed by atoms with Crippen LogP contribution in [0.3, 0.4) is 0 Å². The Hall–Kier alpha value is -1.87. The number of nitrogens with one attached hydrogen (secondary N) is 1. The topological polar surface area (TPSA) is 89.8 Å². The lowest BCUT2D eigenvalue weighted by Crippen LogP contribution is -2.39. The van der Waals surface area contributed by atoms with Gasteiger partial charge in [-0.3, -0.25) is 14.8 Å². The smallest absolute Gasteiger partial charge is 0.143 e. The van der Waals surface area contributed by atoms with E-state index in [1.807, 2.05) is 0 Å². The van der Waals surface area contributed by atoms with Crippen LogP contribution in [0.1, 0.15) is 0 Å². The number of aliphatic imine (C=N–C) groups is 1. The summed E-state index contributed by atoms with van der Waals surface area (Å²) in [6, 6.07) is 3.01. The fourth-order valence-corrected chi connectivity index (χ4v) is 3.02. The summed E-state index contributed by atoms with van der Waals surface area (Å²) in [6.45, 7) is 8.89. The van der Waals surface area contributed by atoms with Crippen LogP contribution in [0.5, 0.6) is 11.5 Å². The van der Waals surface area contributed by atoms with Gasteiger partial charge in [0.15, 0.2) is 0 Å². The van der Waals surface area contributed by atoms with E-state index < -0.39 is 0 Å². The minimum Gasteiger partial charge on any atom is -0.506 e. The molecule has 1 aromatic rings. The van der Waals surface area contributed by atoms with Gasteiger partial charge in [0, 0.05) is 64.2 Å². The number of ether oxygens (including phenoxy) is 2. The first-order valence-electron chi connectivity index (χ1n) is 9.15. The first-order valence-corrected chi connectivity index (χ1v) is 9.15. The molecule has 2 aliphatic rings. The lowest BCUT2D eigenvalue weighted by molar-refractivity contribution is 0.0398. The number of aromatic hydroxyl groups is 2. The molecule has 0 atom stereocenters. The van der Waals surface area contributed by atoms with Gasteiger partial charge in [-0.15, -0.1) is 0 Å². The standard InChI is InChI=1S/C18H28N4O4/c23-17-14-16(20-2-4-22-7-11-26-12-8-22)18(24)13-15(17)19-1-3-21-5-9-25-10-6-21/h1,13-14,20,23-24H,2-12H2. The zero-order valence-corrected chi connectivity index (χ0v) is 15.1. The molecule has 3 rings (SSSR count). The third-order valence-corrected chi connectivity index (χ3v) is 4.61. The molecule has 0 saturated carbocycles. The van der Waals surface area contributed by atoms with E-state index >= 15 is 0 Å². The summed E-state index contributed by atoms with van der Waals surface area (Å²) in [5, 5.41) is 23.5. The summed E-state index contributed by atoms with van der Waals surface area (Å²) < 4.78 is 10.6. The lowest BCUT2D eigenvalue weighted by Gasteiger charge is -2.26. The van der Waals surface area contributed by atoms with Crippen LogP contribution in [0, 0.1) is 0 Å². The predicted molar refractivity (Wildman–Crippen MR) is 101 cm³/mol. The molecule has 0 aromatic heterocycles. The van der Waals surface area contributed by atoms with Crippen molar-refractivity contribution in [2.75, 3.05) is 77.6 Å². The monoisotopic (exact) mass is 364 g/mol. The average molecular weight is 364 g/mol. The molecule has 2 fully saturated rings. The highest BCUT2D eigenvalue weighted by Gasteiger charge is 2.12. The molecule has 8 heteroatoms. The van der Waals surface area contributed by atoms with Crippen molar-refractivity contribution in [1.29, 1.82) is 0 Å². The second-order valence-electron chi connectivity index (χ2n) is 6.46. The van der Waals surface area contributed by atoms with Crippen molar-refractivity contribution in [2.45, 2.75) is 0 Å². The Morgan fingerprint density at radius 1 is 0.962 bits per heavy atom.